The van der Waals surface area contributed by atoms with Crippen LogP contribution in [0.4, 0.5) is 0 Å². The highest BCUT2D eigenvalue weighted by molar-refractivity contribution is 5.56. The molecular weight excluding hydrogens is 250 g/mol. The normalized spacial score (nSPS) is 14.3. The minimum atomic E-state index is 0.401. The molecule has 1 fully saturated rings. The zero-order valence-electron chi connectivity index (χ0n) is 12.5. The van der Waals surface area contributed by atoms with Crippen LogP contribution in [0.2, 0.25) is 0 Å². The molecule has 0 aliphatic carbocycles. The van der Waals surface area contributed by atoms with Gasteiger partial charge in [0.2, 0.25) is 0 Å². The van der Waals surface area contributed by atoms with E-state index in [1.807, 2.05) is 30.8 Å². The van der Waals surface area contributed by atoms with Gasteiger partial charge in [-0.3, -0.25) is 9.67 Å². The van der Waals surface area contributed by atoms with Crippen LogP contribution in [0.25, 0.3) is 11.3 Å². The zero-order valence-corrected chi connectivity index (χ0v) is 12.5. The lowest BCUT2D eigenvalue weighted by atomic mass is 10.2. The second-order valence-electron chi connectivity index (χ2n) is 4.66. The standard InChI is InChI=1S/C14H17N3O.C2H6/c1-2-4-12-5-3-6-14(16-12)11-7-15-17(8-11)13-9-18-10-13;1-2/h3,5-8,13H,2,4,9-10H2,1H3;1-2H3. The molecule has 1 aliphatic heterocycles. The molecule has 0 saturated carbocycles. The van der Waals surface area contributed by atoms with E-state index < -0.39 is 0 Å². The third-order valence-corrected chi connectivity index (χ3v) is 3.20. The van der Waals surface area contributed by atoms with Gasteiger partial charge < -0.3 is 4.74 Å². The van der Waals surface area contributed by atoms with E-state index in [1.165, 1.54) is 0 Å². The number of hydrogen-bond acceptors (Lipinski definition) is 3. The van der Waals surface area contributed by atoms with E-state index in [2.05, 4.69) is 35.3 Å². The number of aromatic nitrogens is 3. The van der Waals surface area contributed by atoms with Crippen molar-refractivity contribution in [1.82, 2.24) is 14.8 Å². The van der Waals surface area contributed by atoms with Gasteiger partial charge in [0.25, 0.3) is 0 Å². The molecule has 3 rings (SSSR count). The molecule has 0 aromatic carbocycles. The summed E-state index contributed by atoms with van der Waals surface area (Å²) < 4.78 is 7.16. The summed E-state index contributed by atoms with van der Waals surface area (Å²) >= 11 is 0. The van der Waals surface area contributed by atoms with E-state index in [9.17, 15) is 0 Å². The fraction of sp³-hybridized carbons (Fsp3) is 0.500. The first-order chi connectivity index (χ1) is 9.86. The SMILES string of the molecule is CC.CCCc1cccc(-c2cnn(C3COC3)c2)n1. The van der Waals surface area contributed by atoms with Crippen LogP contribution in [0.15, 0.2) is 30.6 Å². The number of rotatable bonds is 4. The summed E-state index contributed by atoms with van der Waals surface area (Å²) in [5.41, 5.74) is 3.24. The summed E-state index contributed by atoms with van der Waals surface area (Å²) in [6, 6.07) is 6.59. The van der Waals surface area contributed by atoms with Gasteiger partial charge in [-0.15, -0.1) is 0 Å². The fourth-order valence-electron chi connectivity index (χ4n) is 2.08. The number of ether oxygens (including phenoxy) is 1. The third-order valence-electron chi connectivity index (χ3n) is 3.20. The van der Waals surface area contributed by atoms with Crippen LogP contribution in [-0.4, -0.2) is 28.0 Å². The molecule has 108 valence electrons. The van der Waals surface area contributed by atoms with E-state index >= 15 is 0 Å². The van der Waals surface area contributed by atoms with Gasteiger partial charge in [-0.2, -0.15) is 5.10 Å². The van der Waals surface area contributed by atoms with Gasteiger partial charge in [0, 0.05) is 17.5 Å². The highest BCUT2D eigenvalue weighted by Gasteiger charge is 2.21. The highest BCUT2D eigenvalue weighted by Crippen LogP contribution is 2.21. The van der Waals surface area contributed by atoms with Crippen molar-refractivity contribution in [3.05, 3.63) is 36.3 Å². The average molecular weight is 273 g/mol. The minimum Gasteiger partial charge on any atom is -0.377 e. The highest BCUT2D eigenvalue weighted by atomic mass is 16.5. The first-order valence-electron chi connectivity index (χ1n) is 7.45. The lowest BCUT2D eigenvalue weighted by molar-refractivity contribution is -0.0286. The number of aryl methyl sites for hydroxylation is 1. The van der Waals surface area contributed by atoms with Crippen molar-refractivity contribution in [3.63, 3.8) is 0 Å². The number of hydrogen-bond donors (Lipinski definition) is 0. The first-order valence-corrected chi connectivity index (χ1v) is 7.45. The Hall–Kier alpha value is -1.68. The molecule has 3 heterocycles. The molecule has 0 N–H and O–H groups in total. The smallest absolute Gasteiger partial charge is 0.0985 e. The molecule has 2 aromatic rings. The predicted octanol–water partition coefficient (Wildman–Crippen LogP) is 3.50. The van der Waals surface area contributed by atoms with Crippen LogP contribution in [0.1, 0.15) is 38.9 Å². The summed E-state index contributed by atoms with van der Waals surface area (Å²) in [5.74, 6) is 0. The van der Waals surface area contributed by atoms with Crippen molar-refractivity contribution in [2.45, 2.75) is 39.7 Å². The molecular formula is C16H23N3O. The Kier molecular flexibility index (Phi) is 5.30. The van der Waals surface area contributed by atoms with Crippen molar-refractivity contribution in [3.8, 4) is 11.3 Å². The number of pyridine rings is 1. The molecule has 4 heteroatoms. The Morgan fingerprint density at radius 3 is 2.75 bits per heavy atom. The Balaban J connectivity index is 0.000000704. The zero-order chi connectivity index (χ0) is 14.4. The predicted molar refractivity (Wildman–Crippen MR) is 80.7 cm³/mol. The van der Waals surface area contributed by atoms with Crippen molar-refractivity contribution >= 4 is 0 Å². The topological polar surface area (TPSA) is 39.9 Å². The van der Waals surface area contributed by atoms with E-state index in [0.717, 1.165) is 43.0 Å². The molecule has 0 bridgehead atoms. The maximum Gasteiger partial charge on any atom is 0.0985 e. The second kappa shape index (κ2) is 7.20. The van der Waals surface area contributed by atoms with E-state index in [0.29, 0.717) is 6.04 Å². The fourth-order valence-corrected chi connectivity index (χ4v) is 2.08. The molecule has 4 nitrogen and oxygen atoms in total. The van der Waals surface area contributed by atoms with Gasteiger partial charge in [0.15, 0.2) is 0 Å². The Morgan fingerprint density at radius 1 is 1.30 bits per heavy atom. The maximum absolute atomic E-state index is 5.18. The van der Waals surface area contributed by atoms with Crippen LogP contribution in [0.5, 0.6) is 0 Å². The molecule has 1 saturated heterocycles. The molecule has 0 atom stereocenters. The Bertz CT molecular complexity index is 532. The quantitative estimate of drug-likeness (QED) is 0.856. The maximum atomic E-state index is 5.18. The summed E-state index contributed by atoms with van der Waals surface area (Å²) in [6.07, 6.45) is 6.09. The second-order valence-corrected chi connectivity index (χ2v) is 4.66. The summed E-state index contributed by atoms with van der Waals surface area (Å²) in [6.45, 7) is 7.71. The van der Waals surface area contributed by atoms with Crippen molar-refractivity contribution < 1.29 is 4.74 Å². The van der Waals surface area contributed by atoms with Gasteiger partial charge >= 0.3 is 0 Å². The monoisotopic (exact) mass is 273 g/mol. The molecule has 20 heavy (non-hydrogen) atoms. The van der Waals surface area contributed by atoms with E-state index in [4.69, 9.17) is 4.74 Å². The van der Waals surface area contributed by atoms with Crippen LogP contribution in [0, 0.1) is 0 Å². The summed E-state index contributed by atoms with van der Waals surface area (Å²) in [4.78, 5) is 4.66. The molecule has 0 unspecified atom stereocenters. The van der Waals surface area contributed by atoms with Crippen LogP contribution in [-0.2, 0) is 11.2 Å². The van der Waals surface area contributed by atoms with Crippen LogP contribution >= 0.6 is 0 Å². The largest absolute Gasteiger partial charge is 0.377 e. The molecule has 1 aliphatic rings. The summed E-state index contributed by atoms with van der Waals surface area (Å²) in [5, 5.41) is 4.39. The van der Waals surface area contributed by atoms with E-state index in [-0.39, 0.29) is 0 Å². The molecule has 0 amide bonds. The molecule has 0 radical (unpaired) electrons. The summed E-state index contributed by atoms with van der Waals surface area (Å²) in [7, 11) is 0. The van der Waals surface area contributed by atoms with Crippen molar-refractivity contribution in [2.75, 3.05) is 13.2 Å². The Labute approximate surface area is 120 Å². The Morgan fingerprint density at radius 2 is 2.10 bits per heavy atom. The van der Waals surface area contributed by atoms with Gasteiger partial charge in [-0.05, 0) is 18.6 Å². The third kappa shape index (κ3) is 3.25. The lowest BCUT2D eigenvalue weighted by Crippen LogP contribution is -2.30. The molecule has 2 aromatic heterocycles. The van der Waals surface area contributed by atoms with Crippen molar-refractivity contribution in [1.29, 1.82) is 0 Å². The van der Waals surface area contributed by atoms with Gasteiger partial charge in [-0.25, -0.2) is 0 Å². The van der Waals surface area contributed by atoms with Gasteiger partial charge in [-0.1, -0.05) is 33.3 Å². The number of nitrogens with zero attached hydrogens (tertiary/aromatic N) is 3. The van der Waals surface area contributed by atoms with Crippen molar-refractivity contribution in [2.24, 2.45) is 0 Å². The molecule has 0 spiro atoms. The van der Waals surface area contributed by atoms with E-state index in [1.54, 1.807) is 0 Å². The van der Waals surface area contributed by atoms with Crippen LogP contribution < -0.4 is 0 Å². The van der Waals surface area contributed by atoms with Crippen LogP contribution in [0.3, 0.4) is 0 Å². The average Bonchev–Trinajstić information content (AvgIpc) is 2.89. The van der Waals surface area contributed by atoms with Gasteiger partial charge in [0.1, 0.15) is 0 Å². The first kappa shape index (κ1) is 14.7. The van der Waals surface area contributed by atoms with Gasteiger partial charge in [0.05, 0.1) is 31.1 Å². The minimum absolute atomic E-state index is 0.401. The lowest BCUT2D eigenvalue weighted by Gasteiger charge is -2.25.